The maximum Gasteiger partial charge on any atom is 0.332 e. The van der Waals surface area contributed by atoms with Crippen LogP contribution >= 0.6 is 11.6 Å². The fourth-order valence-electron chi connectivity index (χ4n) is 1.00. The molecule has 1 amide bonds. The van der Waals surface area contributed by atoms with Crippen LogP contribution in [0.3, 0.4) is 0 Å². The number of benzene rings is 1. The number of nitrogens with one attached hydrogen (secondary N) is 1. The standard InChI is InChI=1S/C11H12ClNO4/c1-7(11(15)16)17-6-10(14)13-9-4-2-8(12)3-5-9/h2-5,7H,6H2,1H3,(H,13,14)(H,15,16). The van der Waals surface area contributed by atoms with Crippen molar-refractivity contribution in [3.63, 3.8) is 0 Å². The molecule has 0 aliphatic heterocycles. The maximum atomic E-state index is 11.4. The van der Waals surface area contributed by atoms with Gasteiger partial charge in [0.1, 0.15) is 6.61 Å². The van der Waals surface area contributed by atoms with Crippen LogP contribution in [0.5, 0.6) is 0 Å². The van der Waals surface area contributed by atoms with E-state index in [9.17, 15) is 9.59 Å². The molecule has 0 saturated heterocycles. The predicted molar refractivity (Wildman–Crippen MR) is 63.1 cm³/mol. The van der Waals surface area contributed by atoms with Gasteiger partial charge in [-0.15, -0.1) is 0 Å². The van der Waals surface area contributed by atoms with E-state index >= 15 is 0 Å². The molecule has 0 fully saturated rings. The van der Waals surface area contributed by atoms with Crippen molar-refractivity contribution < 1.29 is 19.4 Å². The second-order valence-corrected chi connectivity index (χ2v) is 3.78. The Morgan fingerprint density at radius 2 is 2.00 bits per heavy atom. The first-order valence-electron chi connectivity index (χ1n) is 4.89. The molecule has 2 N–H and O–H groups in total. The van der Waals surface area contributed by atoms with E-state index < -0.39 is 18.0 Å². The smallest absolute Gasteiger partial charge is 0.332 e. The SMILES string of the molecule is CC(OCC(=O)Nc1ccc(Cl)cc1)C(=O)O. The summed E-state index contributed by atoms with van der Waals surface area (Å²) in [6.45, 7) is 1.05. The number of hydrogen-bond donors (Lipinski definition) is 2. The molecule has 0 spiro atoms. The van der Waals surface area contributed by atoms with Crippen molar-refractivity contribution in [1.29, 1.82) is 0 Å². The fraction of sp³-hybridized carbons (Fsp3) is 0.273. The van der Waals surface area contributed by atoms with Crippen LogP contribution < -0.4 is 5.32 Å². The lowest BCUT2D eigenvalue weighted by molar-refractivity contribution is -0.150. The Morgan fingerprint density at radius 1 is 1.41 bits per heavy atom. The Balaban J connectivity index is 2.39. The van der Waals surface area contributed by atoms with E-state index in [0.717, 1.165) is 0 Å². The monoisotopic (exact) mass is 257 g/mol. The van der Waals surface area contributed by atoms with E-state index in [1.807, 2.05) is 0 Å². The third-order valence-corrected chi connectivity index (χ3v) is 2.19. The Labute approximate surface area is 103 Å². The number of carbonyl (C=O) groups is 2. The highest BCUT2D eigenvalue weighted by atomic mass is 35.5. The summed E-state index contributed by atoms with van der Waals surface area (Å²) in [5.74, 6) is -1.52. The molecule has 0 radical (unpaired) electrons. The molecule has 92 valence electrons. The topological polar surface area (TPSA) is 75.6 Å². The molecule has 1 unspecified atom stereocenters. The van der Waals surface area contributed by atoms with Gasteiger partial charge in [0, 0.05) is 10.7 Å². The summed E-state index contributed by atoms with van der Waals surface area (Å²) < 4.78 is 4.82. The predicted octanol–water partition coefficient (Wildman–Crippen LogP) is 1.77. The van der Waals surface area contributed by atoms with Gasteiger partial charge in [-0.1, -0.05) is 11.6 Å². The van der Waals surface area contributed by atoms with Crippen LogP contribution in [0.2, 0.25) is 5.02 Å². The Bertz CT molecular complexity index is 404. The molecule has 0 bridgehead atoms. The highest BCUT2D eigenvalue weighted by Crippen LogP contribution is 2.13. The number of amides is 1. The Kier molecular flexibility index (Phi) is 4.93. The van der Waals surface area contributed by atoms with Gasteiger partial charge >= 0.3 is 5.97 Å². The zero-order valence-electron chi connectivity index (χ0n) is 9.14. The third kappa shape index (κ3) is 4.84. The fourth-order valence-corrected chi connectivity index (χ4v) is 1.13. The van der Waals surface area contributed by atoms with Gasteiger partial charge in [0.25, 0.3) is 0 Å². The normalized spacial score (nSPS) is 11.9. The van der Waals surface area contributed by atoms with Gasteiger partial charge in [-0.25, -0.2) is 4.79 Å². The van der Waals surface area contributed by atoms with Crippen molar-refractivity contribution in [1.82, 2.24) is 0 Å². The van der Waals surface area contributed by atoms with Gasteiger partial charge in [0.15, 0.2) is 6.10 Å². The lowest BCUT2D eigenvalue weighted by Gasteiger charge is -2.08. The minimum Gasteiger partial charge on any atom is -0.479 e. The number of hydrogen-bond acceptors (Lipinski definition) is 3. The number of carbonyl (C=O) groups excluding carboxylic acids is 1. The number of rotatable bonds is 5. The van der Waals surface area contributed by atoms with E-state index in [-0.39, 0.29) is 6.61 Å². The van der Waals surface area contributed by atoms with Crippen molar-refractivity contribution in [3.8, 4) is 0 Å². The molecular weight excluding hydrogens is 246 g/mol. The summed E-state index contributed by atoms with van der Waals surface area (Å²) in [6, 6.07) is 6.55. The summed E-state index contributed by atoms with van der Waals surface area (Å²) in [5.41, 5.74) is 0.575. The van der Waals surface area contributed by atoms with Crippen LogP contribution in [0.15, 0.2) is 24.3 Å². The van der Waals surface area contributed by atoms with Crippen LogP contribution in [0, 0.1) is 0 Å². The van der Waals surface area contributed by atoms with E-state index in [2.05, 4.69) is 5.32 Å². The summed E-state index contributed by atoms with van der Waals surface area (Å²) in [7, 11) is 0. The molecule has 0 aliphatic carbocycles. The molecule has 1 rings (SSSR count). The molecule has 5 nitrogen and oxygen atoms in total. The van der Waals surface area contributed by atoms with Crippen molar-refractivity contribution in [2.45, 2.75) is 13.0 Å². The van der Waals surface area contributed by atoms with Crippen LogP contribution in [-0.4, -0.2) is 29.7 Å². The van der Waals surface area contributed by atoms with E-state index in [1.165, 1.54) is 6.92 Å². The average molecular weight is 258 g/mol. The molecule has 0 heterocycles. The summed E-state index contributed by atoms with van der Waals surface area (Å²) in [5, 5.41) is 11.7. The Morgan fingerprint density at radius 3 is 2.53 bits per heavy atom. The Hall–Kier alpha value is -1.59. The number of carboxylic acid groups (broad SMARTS) is 1. The van der Waals surface area contributed by atoms with Crippen LogP contribution in [0.1, 0.15) is 6.92 Å². The summed E-state index contributed by atoms with van der Waals surface area (Å²) >= 11 is 5.68. The van der Waals surface area contributed by atoms with Crippen molar-refractivity contribution in [2.75, 3.05) is 11.9 Å². The van der Waals surface area contributed by atoms with E-state index in [0.29, 0.717) is 10.7 Å². The summed E-state index contributed by atoms with van der Waals surface area (Å²) in [4.78, 5) is 21.8. The third-order valence-electron chi connectivity index (χ3n) is 1.94. The largest absolute Gasteiger partial charge is 0.479 e. The van der Waals surface area contributed by atoms with E-state index in [1.54, 1.807) is 24.3 Å². The van der Waals surface area contributed by atoms with Crippen LogP contribution in [0.25, 0.3) is 0 Å². The number of anilines is 1. The number of ether oxygens (including phenoxy) is 1. The van der Waals surface area contributed by atoms with Gasteiger partial charge in [0.2, 0.25) is 5.91 Å². The minimum absolute atomic E-state index is 0.309. The molecule has 6 heteroatoms. The first-order valence-corrected chi connectivity index (χ1v) is 5.26. The molecular formula is C11H12ClNO4. The number of halogens is 1. The molecule has 0 saturated carbocycles. The quantitative estimate of drug-likeness (QED) is 0.843. The lowest BCUT2D eigenvalue weighted by atomic mass is 10.3. The first-order chi connectivity index (χ1) is 7.99. The van der Waals surface area contributed by atoms with Crippen molar-refractivity contribution in [2.24, 2.45) is 0 Å². The van der Waals surface area contributed by atoms with E-state index in [4.69, 9.17) is 21.4 Å². The van der Waals surface area contributed by atoms with Crippen molar-refractivity contribution >= 4 is 29.2 Å². The number of carboxylic acids is 1. The second-order valence-electron chi connectivity index (χ2n) is 3.35. The molecule has 17 heavy (non-hydrogen) atoms. The molecule has 1 aromatic rings. The first kappa shape index (κ1) is 13.5. The average Bonchev–Trinajstić information content (AvgIpc) is 2.29. The summed E-state index contributed by atoms with van der Waals surface area (Å²) in [6.07, 6.45) is -1.01. The molecule has 1 aromatic carbocycles. The van der Waals surface area contributed by atoms with Crippen LogP contribution in [-0.2, 0) is 14.3 Å². The van der Waals surface area contributed by atoms with Gasteiger partial charge in [-0.3, -0.25) is 4.79 Å². The highest BCUT2D eigenvalue weighted by molar-refractivity contribution is 6.30. The van der Waals surface area contributed by atoms with Gasteiger partial charge in [0.05, 0.1) is 0 Å². The zero-order valence-corrected chi connectivity index (χ0v) is 9.90. The van der Waals surface area contributed by atoms with Gasteiger partial charge in [-0.2, -0.15) is 0 Å². The highest BCUT2D eigenvalue weighted by Gasteiger charge is 2.13. The molecule has 0 aromatic heterocycles. The number of aliphatic carboxylic acids is 1. The van der Waals surface area contributed by atoms with Crippen LogP contribution in [0.4, 0.5) is 5.69 Å². The van der Waals surface area contributed by atoms with Gasteiger partial charge in [-0.05, 0) is 31.2 Å². The van der Waals surface area contributed by atoms with Crippen molar-refractivity contribution in [3.05, 3.63) is 29.3 Å². The second kappa shape index (κ2) is 6.22. The zero-order chi connectivity index (χ0) is 12.8. The lowest BCUT2D eigenvalue weighted by Crippen LogP contribution is -2.26. The molecule has 1 atom stereocenters. The minimum atomic E-state index is -1.11. The maximum absolute atomic E-state index is 11.4. The van der Waals surface area contributed by atoms with Gasteiger partial charge < -0.3 is 15.2 Å². The molecule has 0 aliphatic rings.